The molecule has 0 rings (SSSR count). The Labute approximate surface area is 568 Å². The zero-order valence-corrected chi connectivity index (χ0v) is 62.3. The van der Waals surface area contributed by atoms with Crippen LogP contribution in [0.25, 0.3) is 0 Å². The van der Waals surface area contributed by atoms with Crippen LogP contribution in [-0.4, -0.2) is 96.7 Å². The van der Waals surface area contributed by atoms with Crippen molar-refractivity contribution in [2.24, 2.45) is 11.8 Å². The van der Waals surface area contributed by atoms with Gasteiger partial charge in [0, 0.05) is 25.7 Å². The van der Waals surface area contributed by atoms with Gasteiger partial charge in [-0.15, -0.1) is 0 Å². The van der Waals surface area contributed by atoms with Gasteiger partial charge in [0.05, 0.1) is 26.4 Å². The first-order valence-electron chi connectivity index (χ1n) is 38.5. The number of hydrogen-bond donors (Lipinski definition) is 3. The average molecular weight is 1370 g/mol. The maximum absolute atomic E-state index is 13.1. The van der Waals surface area contributed by atoms with E-state index in [1.807, 2.05) is 0 Å². The van der Waals surface area contributed by atoms with Gasteiger partial charge in [0.15, 0.2) is 12.2 Å². The van der Waals surface area contributed by atoms with Gasteiger partial charge in [0.1, 0.15) is 19.3 Å². The Morgan fingerprint density at radius 3 is 0.817 bits per heavy atom. The number of carbonyl (C=O) groups is 4. The minimum Gasteiger partial charge on any atom is -0.462 e. The van der Waals surface area contributed by atoms with Crippen LogP contribution in [0.5, 0.6) is 0 Å². The second-order valence-electron chi connectivity index (χ2n) is 27.4. The zero-order chi connectivity index (χ0) is 68.6. The van der Waals surface area contributed by atoms with E-state index in [1.165, 1.54) is 186 Å². The van der Waals surface area contributed by atoms with Crippen molar-refractivity contribution in [2.45, 2.75) is 400 Å². The van der Waals surface area contributed by atoms with E-state index in [-0.39, 0.29) is 25.7 Å². The molecular weight excluding hydrogens is 1220 g/mol. The van der Waals surface area contributed by atoms with Crippen molar-refractivity contribution in [3.8, 4) is 0 Å². The maximum atomic E-state index is 13.1. The minimum atomic E-state index is -4.95. The molecule has 0 saturated heterocycles. The van der Waals surface area contributed by atoms with Crippen molar-refractivity contribution in [3.63, 3.8) is 0 Å². The number of rotatable bonds is 73. The molecule has 0 aromatic rings. The number of esters is 4. The molecule has 17 nitrogen and oxygen atoms in total. The lowest BCUT2D eigenvalue weighted by Crippen LogP contribution is -2.30. The van der Waals surface area contributed by atoms with Gasteiger partial charge >= 0.3 is 39.5 Å². The van der Waals surface area contributed by atoms with Crippen LogP contribution in [0.4, 0.5) is 0 Å². The van der Waals surface area contributed by atoms with Crippen LogP contribution in [0.2, 0.25) is 0 Å². The molecule has 0 fully saturated rings. The van der Waals surface area contributed by atoms with E-state index in [2.05, 4.69) is 41.5 Å². The SMILES string of the molecule is CCCCCCCCCCCCCCCCCCCCCCCC(=O)O[C@H](COC(=O)CCCCCCCCCCCCC(C)CC)COP(=O)(O)OC[C@@H](O)COP(=O)(O)OC[C@@H](COC(=O)CCCCCCCCC)OC(=O)CCCCCCCCCCC(C)C. The molecule has 0 saturated carbocycles. The highest BCUT2D eigenvalue weighted by Gasteiger charge is 2.30. The van der Waals surface area contributed by atoms with Gasteiger partial charge < -0.3 is 33.8 Å². The number of phosphoric acid groups is 2. The number of ether oxygens (including phenoxy) is 4. The second-order valence-corrected chi connectivity index (χ2v) is 30.3. The average Bonchev–Trinajstić information content (AvgIpc) is 2.33. The predicted octanol–water partition coefficient (Wildman–Crippen LogP) is 21.6. The van der Waals surface area contributed by atoms with Crippen LogP contribution < -0.4 is 0 Å². The highest BCUT2D eigenvalue weighted by Crippen LogP contribution is 2.45. The topological polar surface area (TPSA) is 237 Å². The molecular formula is C74H144O17P2. The van der Waals surface area contributed by atoms with Gasteiger partial charge in [0.2, 0.25) is 0 Å². The van der Waals surface area contributed by atoms with E-state index < -0.39 is 97.5 Å². The summed E-state index contributed by atoms with van der Waals surface area (Å²) in [4.78, 5) is 72.5. The monoisotopic (exact) mass is 1370 g/mol. The molecule has 6 atom stereocenters. The van der Waals surface area contributed by atoms with E-state index in [4.69, 9.17) is 37.0 Å². The van der Waals surface area contributed by atoms with Crippen molar-refractivity contribution < 1.29 is 80.2 Å². The van der Waals surface area contributed by atoms with Crippen molar-refractivity contribution in [3.05, 3.63) is 0 Å². The summed E-state index contributed by atoms with van der Waals surface area (Å²) in [6, 6.07) is 0. The van der Waals surface area contributed by atoms with E-state index in [1.54, 1.807) is 0 Å². The molecule has 0 aliphatic heterocycles. The quantitative estimate of drug-likeness (QED) is 0.0222. The maximum Gasteiger partial charge on any atom is 0.472 e. The Morgan fingerprint density at radius 2 is 0.548 bits per heavy atom. The molecule has 0 aromatic carbocycles. The number of hydrogen-bond acceptors (Lipinski definition) is 15. The Kier molecular flexibility index (Phi) is 64.6. The zero-order valence-electron chi connectivity index (χ0n) is 60.6. The third kappa shape index (κ3) is 67.0. The highest BCUT2D eigenvalue weighted by molar-refractivity contribution is 7.47. The van der Waals surface area contributed by atoms with Gasteiger partial charge in [-0.05, 0) is 37.5 Å². The molecule has 93 heavy (non-hydrogen) atoms. The van der Waals surface area contributed by atoms with Crippen LogP contribution in [0, 0.1) is 11.8 Å². The van der Waals surface area contributed by atoms with Crippen LogP contribution in [0.1, 0.15) is 382 Å². The first kappa shape index (κ1) is 91.1. The molecule has 0 aliphatic carbocycles. The number of phosphoric ester groups is 2. The number of unbranched alkanes of at least 4 members (excludes halogenated alkanes) is 42. The summed E-state index contributed by atoms with van der Waals surface area (Å²) < 4.78 is 68.3. The highest BCUT2D eigenvalue weighted by atomic mass is 31.2. The summed E-state index contributed by atoms with van der Waals surface area (Å²) in [6.07, 6.45) is 53.0. The third-order valence-corrected chi connectivity index (χ3v) is 19.5. The molecule has 3 N–H and O–H groups in total. The van der Waals surface area contributed by atoms with Crippen molar-refractivity contribution >= 4 is 39.5 Å². The van der Waals surface area contributed by atoms with Gasteiger partial charge in [-0.2, -0.15) is 0 Å². The summed E-state index contributed by atoms with van der Waals surface area (Å²) in [7, 11) is -9.90. The first-order valence-corrected chi connectivity index (χ1v) is 41.5. The van der Waals surface area contributed by atoms with Crippen LogP contribution in [0.3, 0.4) is 0 Å². The Morgan fingerprint density at radius 1 is 0.312 bits per heavy atom. The standard InChI is InChI=1S/C74H144O17P2/c1-7-10-12-14-16-17-18-19-20-21-22-23-24-25-26-27-28-33-40-46-52-58-73(78)90-70(63-85-72(77)57-51-45-39-32-30-29-31-38-43-49-55-67(6)9-3)65-89-93(82,83)87-61-68(75)60-86-92(80,81)88-64-69(62-84-71(76)56-50-44-36-15-13-11-8-2)91-74(79)59-53-47-41-35-34-37-42-48-54-66(4)5/h66-70,75H,7-65H2,1-6H3,(H,80,81)(H,82,83)/t67?,68-,69+,70+/m0/s1. The van der Waals surface area contributed by atoms with E-state index in [0.717, 1.165) is 115 Å². The predicted molar refractivity (Wildman–Crippen MR) is 377 cm³/mol. The van der Waals surface area contributed by atoms with E-state index >= 15 is 0 Å². The minimum absolute atomic E-state index is 0.104. The fourth-order valence-electron chi connectivity index (χ4n) is 11.3. The fourth-order valence-corrected chi connectivity index (χ4v) is 12.8. The number of aliphatic hydroxyl groups excluding tert-OH is 1. The van der Waals surface area contributed by atoms with Crippen molar-refractivity contribution in [1.29, 1.82) is 0 Å². The van der Waals surface area contributed by atoms with E-state index in [9.17, 15) is 43.2 Å². The molecule has 0 heterocycles. The third-order valence-electron chi connectivity index (χ3n) is 17.6. The lowest BCUT2D eigenvalue weighted by molar-refractivity contribution is -0.161. The van der Waals surface area contributed by atoms with Crippen molar-refractivity contribution in [2.75, 3.05) is 39.6 Å². The molecule has 3 unspecified atom stereocenters. The Bertz CT molecular complexity index is 1810. The van der Waals surface area contributed by atoms with Crippen LogP contribution >= 0.6 is 15.6 Å². The largest absolute Gasteiger partial charge is 0.472 e. The van der Waals surface area contributed by atoms with Gasteiger partial charge in [-0.1, -0.05) is 330 Å². The smallest absolute Gasteiger partial charge is 0.462 e. The summed E-state index contributed by atoms with van der Waals surface area (Å²) in [6.45, 7) is 9.52. The number of aliphatic hydroxyl groups is 1. The van der Waals surface area contributed by atoms with E-state index in [0.29, 0.717) is 25.7 Å². The summed E-state index contributed by atoms with van der Waals surface area (Å²) in [5.74, 6) is -0.598. The summed E-state index contributed by atoms with van der Waals surface area (Å²) in [5, 5.41) is 10.6. The molecule has 19 heteroatoms. The number of carbonyl (C=O) groups excluding carboxylic acids is 4. The lowest BCUT2D eigenvalue weighted by Gasteiger charge is -2.21. The molecule has 0 spiro atoms. The molecule has 0 aliphatic rings. The fraction of sp³-hybridized carbons (Fsp3) is 0.946. The molecule has 0 aromatic heterocycles. The second kappa shape index (κ2) is 66.0. The summed E-state index contributed by atoms with van der Waals surface area (Å²) in [5.41, 5.74) is 0. The Hall–Kier alpha value is -1.94. The summed E-state index contributed by atoms with van der Waals surface area (Å²) >= 11 is 0. The molecule has 0 radical (unpaired) electrons. The Balaban J connectivity index is 5.16. The lowest BCUT2D eigenvalue weighted by atomic mass is 9.99. The molecule has 0 bridgehead atoms. The molecule has 0 amide bonds. The van der Waals surface area contributed by atoms with Crippen molar-refractivity contribution in [1.82, 2.24) is 0 Å². The van der Waals surface area contributed by atoms with Crippen LogP contribution in [-0.2, 0) is 65.4 Å². The van der Waals surface area contributed by atoms with Crippen LogP contribution in [0.15, 0.2) is 0 Å². The normalized spacial score (nSPS) is 14.3. The van der Waals surface area contributed by atoms with Gasteiger partial charge in [-0.25, -0.2) is 9.13 Å². The molecule has 552 valence electrons. The van der Waals surface area contributed by atoms with Gasteiger partial charge in [0.25, 0.3) is 0 Å². The van der Waals surface area contributed by atoms with Gasteiger partial charge in [-0.3, -0.25) is 37.3 Å². The first-order chi connectivity index (χ1) is 44.9.